The Morgan fingerprint density at radius 1 is 1.78 bits per heavy atom. The molecule has 1 radical (unpaired) electrons. The number of nitrogens with zero attached hydrogens (tertiary/aromatic N) is 3. The second-order valence-electron chi connectivity index (χ2n) is 1.70. The Morgan fingerprint density at radius 3 is 3.22 bits per heavy atom. The summed E-state index contributed by atoms with van der Waals surface area (Å²) >= 11 is 0. The highest BCUT2D eigenvalue weighted by Crippen LogP contribution is 1.74. The van der Waals surface area contributed by atoms with E-state index in [1.54, 1.807) is 11.0 Å². The van der Waals surface area contributed by atoms with Gasteiger partial charge in [-0.15, -0.1) is 5.10 Å². The Bertz CT molecular complexity index is 146. The average molecular weight is 125 g/mol. The smallest absolute Gasteiger partial charge is 0.137 e. The third kappa shape index (κ3) is 1.71. The molecule has 0 atom stereocenters. The van der Waals surface area contributed by atoms with E-state index in [0.717, 1.165) is 13.0 Å². The van der Waals surface area contributed by atoms with Crippen molar-refractivity contribution in [3.05, 3.63) is 12.4 Å². The molecular weight excluding hydrogens is 116 g/mol. The molecule has 0 saturated carbocycles. The molecule has 1 N–H and O–H groups in total. The summed E-state index contributed by atoms with van der Waals surface area (Å²) in [5.74, 6) is 0. The summed E-state index contributed by atoms with van der Waals surface area (Å²) < 4.78 is 0. The van der Waals surface area contributed by atoms with E-state index in [0.29, 0.717) is 0 Å². The van der Waals surface area contributed by atoms with E-state index in [4.69, 9.17) is 0 Å². The van der Waals surface area contributed by atoms with Crippen LogP contribution in [0.15, 0.2) is 6.20 Å². The lowest BCUT2D eigenvalue weighted by Crippen LogP contribution is -2.15. The average Bonchev–Trinajstić information content (AvgIpc) is 2.34. The van der Waals surface area contributed by atoms with Gasteiger partial charge in [-0.2, -0.15) is 4.79 Å². The quantitative estimate of drug-likeness (QED) is 0.619. The van der Waals surface area contributed by atoms with E-state index < -0.39 is 0 Å². The minimum Gasteiger partial charge on any atom is -0.309 e. The van der Waals surface area contributed by atoms with Gasteiger partial charge in [0.2, 0.25) is 0 Å². The van der Waals surface area contributed by atoms with Crippen LogP contribution in [0.25, 0.3) is 0 Å². The van der Waals surface area contributed by atoms with Gasteiger partial charge in [-0.3, -0.25) is 0 Å². The van der Waals surface area contributed by atoms with Crippen molar-refractivity contribution in [2.24, 2.45) is 0 Å². The molecular formula is C5H9N4. The maximum Gasteiger partial charge on any atom is 0.137 e. The van der Waals surface area contributed by atoms with Gasteiger partial charge in [0.15, 0.2) is 0 Å². The first-order valence-electron chi connectivity index (χ1n) is 2.95. The monoisotopic (exact) mass is 125 g/mol. The third-order valence-corrected chi connectivity index (χ3v) is 0.903. The molecule has 0 aromatic carbocycles. The highest BCUT2D eigenvalue weighted by molar-refractivity contribution is 4.68. The Balaban J connectivity index is 2.30. The van der Waals surface area contributed by atoms with Crippen LogP contribution in [0.4, 0.5) is 0 Å². The van der Waals surface area contributed by atoms with Gasteiger partial charge in [0.05, 0.1) is 6.20 Å². The van der Waals surface area contributed by atoms with Gasteiger partial charge in [0.1, 0.15) is 6.20 Å². The molecule has 1 aromatic heterocycles. The Kier molecular flexibility index (Phi) is 2.06. The highest BCUT2D eigenvalue weighted by Gasteiger charge is 1.84. The molecule has 1 aromatic rings. The zero-order valence-corrected chi connectivity index (χ0v) is 5.33. The summed E-state index contributed by atoms with van der Waals surface area (Å²) in [5.41, 5.74) is 2.99. The number of hydrogen-bond acceptors (Lipinski definition) is 3. The van der Waals surface area contributed by atoms with Crippen LogP contribution >= 0.6 is 0 Å². The Morgan fingerprint density at radius 2 is 2.67 bits per heavy atom. The number of hydrogen-bond donors (Lipinski definition) is 1. The summed E-state index contributed by atoms with van der Waals surface area (Å²) in [6, 6.07) is 0. The first-order chi connectivity index (χ1) is 4.43. The largest absolute Gasteiger partial charge is 0.309 e. The highest BCUT2D eigenvalue weighted by atomic mass is 15.6. The van der Waals surface area contributed by atoms with Gasteiger partial charge in [-0.05, 0) is 11.6 Å². The molecule has 0 unspecified atom stereocenters. The molecule has 9 heavy (non-hydrogen) atoms. The van der Waals surface area contributed by atoms with Crippen LogP contribution < -0.4 is 5.43 Å². The second kappa shape index (κ2) is 3.06. The first-order valence-corrected chi connectivity index (χ1v) is 2.95. The van der Waals surface area contributed by atoms with Crippen molar-refractivity contribution in [1.82, 2.24) is 15.1 Å². The molecule has 0 fully saturated rings. The van der Waals surface area contributed by atoms with Crippen LogP contribution in [-0.4, -0.2) is 21.6 Å². The summed E-state index contributed by atoms with van der Waals surface area (Å²) in [4.78, 5) is 1.55. The van der Waals surface area contributed by atoms with Crippen molar-refractivity contribution >= 4 is 0 Å². The predicted molar refractivity (Wildman–Crippen MR) is 33.4 cm³/mol. The van der Waals surface area contributed by atoms with Crippen LogP contribution in [0.5, 0.6) is 0 Å². The fraction of sp³-hybridized carbons (Fsp3) is 0.600. The molecule has 0 aliphatic heterocycles. The van der Waals surface area contributed by atoms with Crippen molar-refractivity contribution in [1.29, 1.82) is 0 Å². The van der Waals surface area contributed by atoms with E-state index >= 15 is 0 Å². The van der Waals surface area contributed by atoms with E-state index in [-0.39, 0.29) is 0 Å². The maximum atomic E-state index is 3.65. The van der Waals surface area contributed by atoms with Gasteiger partial charge in [0, 0.05) is 6.54 Å². The SMILES string of the molecule is CCCNn1c[c]nn1. The number of aromatic nitrogens is 3. The van der Waals surface area contributed by atoms with Crippen molar-refractivity contribution < 1.29 is 0 Å². The fourth-order valence-corrected chi connectivity index (χ4v) is 0.484. The lowest BCUT2D eigenvalue weighted by molar-refractivity contribution is 0.683. The number of nitrogens with one attached hydrogen (secondary N) is 1. The zero-order valence-electron chi connectivity index (χ0n) is 5.33. The minimum absolute atomic E-state index is 0.914. The Hall–Kier alpha value is -1.06. The Labute approximate surface area is 53.8 Å². The standard InChI is InChI=1S/C5H9N4/c1-2-3-7-9-5-4-6-8-9/h5,7H,2-3H2,1H3. The van der Waals surface area contributed by atoms with Gasteiger partial charge in [-0.25, -0.2) is 0 Å². The van der Waals surface area contributed by atoms with Crippen LogP contribution in [0.1, 0.15) is 13.3 Å². The van der Waals surface area contributed by atoms with Crippen molar-refractivity contribution in [2.45, 2.75) is 13.3 Å². The zero-order chi connectivity index (χ0) is 6.53. The summed E-state index contributed by atoms with van der Waals surface area (Å²) in [5, 5.41) is 7.15. The topological polar surface area (TPSA) is 42.7 Å². The lowest BCUT2D eigenvalue weighted by Gasteiger charge is -1.99. The molecule has 0 bridgehead atoms. The molecule has 49 valence electrons. The molecule has 4 nitrogen and oxygen atoms in total. The van der Waals surface area contributed by atoms with Crippen LogP contribution in [0.2, 0.25) is 0 Å². The molecule has 0 saturated heterocycles. The first kappa shape index (κ1) is 6.07. The van der Waals surface area contributed by atoms with Gasteiger partial charge in [-0.1, -0.05) is 6.92 Å². The summed E-state index contributed by atoms with van der Waals surface area (Å²) in [6.07, 6.45) is 5.31. The molecule has 0 amide bonds. The lowest BCUT2D eigenvalue weighted by atomic mass is 10.5. The molecule has 0 aliphatic carbocycles. The molecule has 1 heterocycles. The fourth-order valence-electron chi connectivity index (χ4n) is 0.484. The maximum absolute atomic E-state index is 3.65. The van der Waals surface area contributed by atoms with E-state index in [9.17, 15) is 0 Å². The minimum atomic E-state index is 0.914. The van der Waals surface area contributed by atoms with Crippen molar-refractivity contribution in [3.8, 4) is 0 Å². The molecule has 1 rings (SSSR count). The molecule has 4 heteroatoms. The van der Waals surface area contributed by atoms with Crippen molar-refractivity contribution in [3.63, 3.8) is 0 Å². The summed E-state index contributed by atoms with van der Waals surface area (Å²) in [7, 11) is 0. The van der Waals surface area contributed by atoms with Crippen LogP contribution in [0, 0.1) is 6.20 Å². The number of rotatable bonds is 3. The van der Waals surface area contributed by atoms with Crippen LogP contribution in [0.3, 0.4) is 0 Å². The molecule has 0 spiro atoms. The van der Waals surface area contributed by atoms with Crippen LogP contribution in [-0.2, 0) is 0 Å². The molecule has 0 aliphatic rings. The van der Waals surface area contributed by atoms with E-state index in [1.165, 1.54) is 0 Å². The third-order valence-electron chi connectivity index (χ3n) is 0.903. The van der Waals surface area contributed by atoms with Gasteiger partial charge >= 0.3 is 0 Å². The predicted octanol–water partition coefficient (Wildman–Crippen LogP) is 0.0318. The van der Waals surface area contributed by atoms with Gasteiger partial charge in [0.25, 0.3) is 0 Å². The normalized spacial score (nSPS) is 9.44. The van der Waals surface area contributed by atoms with E-state index in [2.05, 4.69) is 28.9 Å². The second-order valence-corrected chi connectivity index (χ2v) is 1.70. The van der Waals surface area contributed by atoms with Gasteiger partial charge < -0.3 is 5.43 Å². The van der Waals surface area contributed by atoms with Crippen molar-refractivity contribution in [2.75, 3.05) is 12.0 Å². The van der Waals surface area contributed by atoms with E-state index in [1.807, 2.05) is 0 Å². The summed E-state index contributed by atoms with van der Waals surface area (Å²) in [6.45, 7) is 3.00.